The molecule has 37 heavy (non-hydrogen) atoms. The van der Waals surface area contributed by atoms with Gasteiger partial charge in [0.1, 0.15) is 29.0 Å². The van der Waals surface area contributed by atoms with Crippen LogP contribution in [0.4, 0.5) is 0 Å². The molecule has 1 unspecified atom stereocenters. The van der Waals surface area contributed by atoms with Gasteiger partial charge in [0, 0.05) is 18.9 Å². The number of carbonyl (C=O) groups is 2. The number of ether oxygens (including phenoxy) is 2. The van der Waals surface area contributed by atoms with E-state index in [1.165, 1.54) is 6.92 Å². The van der Waals surface area contributed by atoms with Gasteiger partial charge in [-0.05, 0) is 68.1 Å². The van der Waals surface area contributed by atoms with Crippen molar-refractivity contribution in [3.8, 4) is 22.8 Å². The smallest absolute Gasteiger partial charge is 0.373 e. The molecular weight excluding hydrogens is 476 g/mol. The lowest BCUT2D eigenvalue weighted by Gasteiger charge is -2.31. The van der Waals surface area contributed by atoms with E-state index in [-0.39, 0.29) is 18.7 Å². The van der Waals surface area contributed by atoms with Crippen LogP contribution in [0.1, 0.15) is 52.0 Å². The van der Waals surface area contributed by atoms with Crippen molar-refractivity contribution in [3.05, 3.63) is 66.2 Å². The molecular formula is C28H32N2O7. The minimum absolute atomic E-state index is 0.250. The van der Waals surface area contributed by atoms with Crippen molar-refractivity contribution in [3.63, 3.8) is 0 Å². The summed E-state index contributed by atoms with van der Waals surface area (Å²) in [6.45, 7) is 7.32. The highest BCUT2D eigenvalue weighted by atomic mass is 16.5. The first kappa shape index (κ1) is 29.0. The topological polar surface area (TPSA) is 125 Å². The van der Waals surface area contributed by atoms with Gasteiger partial charge in [-0.1, -0.05) is 26.0 Å². The molecule has 0 aliphatic carbocycles. The van der Waals surface area contributed by atoms with E-state index in [0.717, 1.165) is 23.2 Å². The Bertz CT molecular complexity index is 1180. The monoisotopic (exact) mass is 508 g/mol. The second kappa shape index (κ2) is 14.4. The summed E-state index contributed by atoms with van der Waals surface area (Å²) < 4.78 is 16.6. The summed E-state index contributed by atoms with van der Waals surface area (Å²) in [4.78, 5) is 45.0. The minimum Gasteiger partial charge on any atom is -0.464 e. The molecule has 9 nitrogen and oxygen atoms in total. The fraction of sp³-hybridized carbons (Fsp3) is 0.357. The molecule has 2 aromatic carbocycles. The van der Waals surface area contributed by atoms with Crippen molar-refractivity contribution in [1.82, 2.24) is 10.3 Å². The molecule has 1 aromatic heterocycles. The van der Waals surface area contributed by atoms with Gasteiger partial charge in [-0.15, -0.1) is 0 Å². The lowest BCUT2D eigenvalue weighted by Crippen LogP contribution is -2.54. The highest BCUT2D eigenvalue weighted by Crippen LogP contribution is 2.27. The van der Waals surface area contributed by atoms with Crippen molar-refractivity contribution < 1.29 is 33.1 Å². The SMILES string of the molecule is CCOC(=O)C(CC)(CCc1ccc(Oc2ccc(-c3coc(CC)n3)cc2)cc1)NC(C)=O.O=C=O. The van der Waals surface area contributed by atoms with E-state index in [1.807, 2.05) is 62.4 Å². The van der Waals surface area contributed by atoms with Gasteiger partial charge in [-0.2, -0.15) is 9.59 Å². The lowest BCUT2D eigenvalue weighted by atomic mass is 9.88. The highest BCUT2D eigenvalue weighted by molar-refractivity contribution is 5.87. The molecule has 0 aliphatic heterocycles. The van der Waals surface area contributed by atoms with Crippen LogP contribution in [0.2, 0.25) is 0 Å². The Morgan fingerprint density at radius 1 is 1.00 bits per heavy atom. The van der Waals surface area contributed by atoms with Crippen LogP contribution in [0, 0.1) is 0 Å². The summed E-state index contributed by atoms with van der Waals surface area (Å²) in [5.74, 6) is 1.49. The van der Waals surface area contributed by atoms with E-state index in [9.17, 15) is 9.59 Å². The molecule has 0 aliphatic rings. The number of aryl methyl sites for hydroxylation is 2. The third-order valence-corrected chi connectivity index (χ3v) is 5.69. The average molecular weight is 509 g/mol. The maximum absolute atomic E-state index is 12.6. The van der Waals surface area contributed by atoms with Gasteiger partial charge in [0.2, 0.25) is 5.91 Å². The van der Waals surface area contributed by atoms with Crippen molar-refractivity contribution >= 4 is 18.0 Å². The molecule has 3 rings (SSSR count). The zero-order chi connectivity index (χ0) is 27.3. The van der Waals surface area contributed by atoms with Gasteiger partial charge >= 0.3 is 12.1 Å². The largest absolute Gasteiger partial charge is 0.464 e. The summed E-state index contributed by atoms with van der Waals surface area (Å²) in [6, 6.07) is 15.4. The number of oxazole rings is 1. The Hall–Kier alpha value is -4.23. The minimum atomic E-state index is -1.03. The summed E-state index contributed by atoms with van der Waals surface area (Å²) >= 11 is 0. The second-order valence-corrected chi connectivity index (χ2v) is 8.17. The predicted molar refractivity (Wildman–Crippen MR) is 135 cm³/mol. The standard InChI is InChI=1S/C27H32N2O5.CO2/c1-5-25-28-24(18-33-25)21-10-14-23(15-11-21)34-22-12-8-20(9-13-22)16-17-27(6-2,29-19(4)30)26(31)32-7-3;2-1-3/h8-15,18H,5-7,16-17H2,1-4H3,(H,29,30);. The Labute approximate surface area is 216 Å². The van der Waals surface area contributed by atoms with E-state index < -0.39 is 11.5 Å². The third-order valence-electron chi connectivity index (χ3n) is 5.69. The normalized spacial score (nSPS) is 11.8. The lowest BCUT2D eigenvalue weighted by molar-refractivity contribution is -0.191. The molecule has 1 heterocycles. The number of benzene rings is 2. The molecule has 0 radical (unpaired) electrons. The fourth-order valence-electron chi connectivity index (χ4n) is 3.75. The first-order valence-corrected chi connectivity index (χ1v) is 12.1. The van der Waals surface area contributed by atoms with E-state index in [0.29, 0.717) is 36.7 Å². The summed E-state index contributed by atoms with van der Waals surface area (Å²) in [5.41, 5.74) is 1.78. The Balaban J connectivity index is 0.00000153. The van der Waals surface area contributed by atoms with E-state index >= 15 is 0 Å². The maximum Gasteiger partial charge on any atom is 0.373 e. The van der Waals surface area contributed by atoms with Crippen LogP contribution in [0.5, 0.6) is 11.5 Å². The summed E-state index contributed by atoms with van der Waals surface area (Å²) in [6.07, 6.45) is 4.18. The van der Waals surface area contributed by atoms with E-state index in [1.54, 1.807) is 13.2 Å². The van der Waals surface area contributed by atoms with E-state index in [2.05, 4.69) is 10.3 Å². The average Bonchev–Trinajstić information content (AvgIpc) is 3.38. The number of rotatable bonds is 11. The number of nitrogens with zero attached hydrogens (tertiary/aromatic N) is 1. The molecule has 9 heteroatoms. The Kier molecular flexibility index (Phi) is 11.3. The number of nitrogens with one attached hydrogen (secondary N) is 1. The van der Waals surface area contributed by atoms with Gasteiger partial charge in [-0.25, -0.2) is 9.78 Å². The number of aromatic nitrogens is 1. The zero-order valence-electron chi connectivity index (χ0n) is 21.5. The maximum atomic E-state index is 12.6. The molecule has 1 N–H and O–H groups in total. The van der Waals surface area contributed by atoms with Crippen LogP contribution in [-0.4, -0.2) is 35.2 Å². The highest BCUT2D eigenvalue weighted by Gasteiger charge is 2.38. The Morgan fingerprint density at radius 3 is 2.08 bits per heavy atom. The molecule has 196 valence electrons. The summed E-state index contributed by atoms with van der Waals surface area (Å²) in [5, 5.41) is 2.81. The molecule has 0 spiro atoms. The molecule has 1 amide bonds. The second-order valence-electron chi connectivity index (χ2n) is 8.17. The number of amides is 1. The number of hydrogen-bond acceptors (Lipinski definition) is 8. The first-order valence-electron chi connectivity index (χ1n) is 12.1. The molecule has 0 saturated heterocycles. The van der Waals surface area contributed by atoms with Gasteiger partial charge < -0.3 is 19.2 Å². The number of hydrogen-bond donors (Lipinski definition) is 1. The van der Waals surface area contributed by atoms with Crippen LogP contribution in [0.15, 0.2) is 59.2 Å². The quantitative estimate of drug-likeness (QED) is 0.363. The molecule has 0 bridgehead atoms. The van der Waals surface area contributed by atoms with Gasteiger partial charge in [0.15, 0.2) is 5.89 Å². The first-order chi connectivity index (χ1) is 17.8. The van der Waals surface area contributed by atoms with Crippen molar-refractivity contribution in [2.24, 2.45) is 0 Å². The van der Waals surface area contributed by atoms with Gasteiger partial charge in [0.05, 0.1) is 6.61 Å². The van der Waals surface area contributed by atoms with Crippen LogP contribution in [0.25, 0.3) is 11.3 Å². The van der Waals surface area contributed by atoms with Crippen molar-refractivity contribution in [1.29, 1.82) is 0 Å². The Morgan fingerprint density at radius 2 is 1.59 bits per heavy atom. The van der Waals surface area contributed by atoms with E-state index in [4.69, 9.17) is 23.5 Å². The number of esters is 1. The van der Waals surface area contributed by atoms with Crippen LogP contribution in [-0.2, 0) is 36.8 Å². The summed E-state index contributed by atoms with van der Waals surface area (Å²) in [7, 11) is 0. The number of carbonyl (C=O) groups excluding carboxylic acids is 4. The predicted octanol–water partition coefficient (Wildman–Crippen LogP) is 4.89. The van der Waals surface area contributed by atoms with Gasteiger partial charge in [0.25, 0.3) is 0 Å². The van der Waals surface area contributed by atoms with Crippen LogP contribution >= 0.6 is 0 Å². The molecule has 0 saturated carbocycles. The van der Waals surface area contributed by atoms with Gasteiger partial charge in [-0.3, -0.25) is 4.79 Å². The zero-order valence-corrected chi connectivity index (χ0v) is 21.5. The third kappa shape index (κ3) is 8.44. The molecule has 3 aromatic rings. The van der Waals surface area contributed by atoms with Crippen LogP contribution < -0.4 is 10.1 Å². The van der Waals surface area contributed by atoms with Crippen molar-refractivity contribution in [2.75, 3.05) is 6.61 Å². The molecule has 1 atom stereocenters. The van der Waals surface area contributed by atoms with Crippen molar-refractivity contribution in [2.45, 2.75) is 58.9 Å². The molecule has 0 fully saturated rings. The fourth-order valence-corrected chi connectivity index (χ4v) is 3.75. The van der Waals surface area contributed by atoms with Crippen LogP contribution in [0.3, 0.4) is 0 Å².